The van der Waals surface area contributed by atoms with Gasteiger partial charge in [0.1, 0.15) is 0 Å². The molecule has 14 aromatic carbocycles. The number of hydrogen-bond acceptors (Lipinski definition) is 6. The van der Waals surface area contributed by atoms with Gasteiger partial charge >= 0.3 is 0 Å². The molecular formula is C90H56N10. The van der Waals surface area contributed by atoms with E-state index in [0.717, 1.165) is 111 Å². The Hall–Kier alpha value is -13.7. The van der Waals surface area contributed by atoms with Gasteiger partial charge in [0.15, 0.2) is 34.9 Å². The van der Waals surface area contributed by atoms with Gasteiger partial charge in [0, 0.05) is 99.2 Å². The van der Waals surface area contributed by atoms with Crippen LogP contribution in [0, 0.1) is 0 Å². The molecule has 0 aliphatic carbocycles. The highest BCUT2D eigenvalue weighted by Crippen LogP contribution is 2.45. The van der Waals surface area contributed by atoms with Crippen molar-refractivity contribution in [3.05, 3.63) is 340 Å². The fraction of sp³-hybridized carbons (Fsp3) is 0. The quantitative estimate of drug-likeness (QED) is 0.128. The third-order valence-electron chi connectivity index (χ3n) is 19.7. The van der Waals surface area contributed by atoms with Gasteiger partial charge in [0.2, 0.25) is 0 Å². The first kappa shape index (κ1) is 56.6. The van der Waals surface area contributed by atoms with Gasteiger partial charge in [0.25, 0.3) is 0 Å². The van der Waals surface area contributed by atoms with Crippen molar-refractivity contribution in [3.63, 3.8) is 0 Å². The van der Waals surface area contributed by atoms with Crippen LogP contribution in [0.1, 0.15) is 0 Å². The second-order valence-electron chi connectivity index (χ2n) is 25.4. The number of benzene rings is 14. The predicted octanol–water partition coefficient (Wildman–Crippen LogP) is 22.1. The van der Waals surface area contributed by atoms with Crippen molar-refractivity contribution in [2.24, 2.45) is 0 Å². The van der Waals surface area contributed by atoms with E-state index in [9.17, 15) is 0 Å². The maximum atomic E-state index is 5.27. The van der Waals surface area contributed by atoms with E-state index in [0.29, 0.717) is 34.9 Å². The molecule has 0 spiro atoms. The SMILES string of the molecule is c1ccc(-c2nc(-c3ccccc3)nc(-c3ccc(-n4c5ccc(-c6ccc(-c7nc(-c8ccccc8)nc(-c8ccc(-n9c%10ccccc%10c%10c9ccc9c%11ccccc%11n(-c%11ccccc%11)c9%10)cc8)n7)cc6)cc5c5cc6c7ccccc7n(-c7ccccc7)c6cc54)cc3)n2)cc1. The lowest BCUT2D eigenvalue weighted by Gasteiger charge is -2.12. The van der Waals surface area contributed by atoms with Crippen molar-refractivity contribution in [1.82, 2.24) is 48.2 Å². The van der Waals surface area contributed by atoms with Crippen LogP contribution in [0.5, 0.6) is 0 Å². The number of rotatable bonds is 11. The maximum absolute atomic E-state index is 5.27. The Morgan fingerprint density at radius 2 is 0.460 bits per heavy atom. The minimum atomic E-state index is 0.590. The van der Waals surface area contributed by atoms with Gasteiger partial charge in [-0.25, -0.2) is 29.9 Å². The summed E-state index contributed by atoms with van der Waals surface area (Å²) in [5.41, 5.74) is 21.0. The molecule has 10 heteroatoms. The molecule has 0 N–H and O–H groups in total. The van der Waals surface area contributed by atoms with Gasteiger partial charge < -0.3 is 18.3 Å². The van der Waals surface area contributed by atoms with Crippen LogP contribution < -0.4 is 0 Å². The van der Waals surface area contributed by atoms with Gasteiger partial charge in [-0.15, -0.1) is 0 Å². The Morgan fingerprint density at radius 3 is 0.940 bits per heavy atom. The van der Waals surface area contributed by atoms with Gasteiger partial charge in [-0.3, -0.25) is 0 Å². The van der Waals surface area contributed by atoms with E-state index in [2.05, 4.69) is 279 Å². The smallest absolute Gasteiger partial charge is 0.164 e. The van der Waals surface area contributed by atoms with Gasteiger partial charge in [-0.05, 0) is 132 Å². The van der Waals surface area contributed by atoms with Crippen molar-refractivity contribution < 1.29 is 0 Å². The van der Waals surface area contributed by atoms with Crippen molar-refractivity contribution in [2.75, 3.05) is 0 Å². The van der Waals surface area contributed by atoms with Crippen molar-refractivity contribution >= 4 is 87.2 Å². The van der Waals surface area contributed by atoms with Gasteiger partial charge in [-0.2, -0.15) is 0 Å². The van der Waals surface area contributed by atoms with Crippen LogP contribution in [0.15, 0.2) is 340 Å². The maximum Gasteiger partial charge on any atom is 0.164 e. The summed E-state index contributed by atoms with van der Waals surface area (Å²) in [6.45, 7) is 0. The zero-order valence-corrected chi connectivity index (χ0v) is 53.8. The van der Waals surface area contributed by atoms with Gasteiger partial charge in [-0.1, -0.05) is 218 Å². The minimum absolute atomic E-state index is 0.590. The van der Waals surface area contributed by atoms with Crippen LogP contribution in [-0.2, 0) is 0 Å². The molecule has 0 unspecified atom stereocenters. The fourth-order valence-electron chi connectivity index (χ4n) is 15.0. The van der Waals surface area contributed by atoms with Crippen LogP contribution in [-0.4, -0.2) is 48.2 Å². The molecule has 0 aliphatic heterocycles. The average Bonchev–Trinajstić information content (AvgIpc) is 1.55. The Bertz CT molecular complexity index is 6520. The van der Waals surface area contributed by atoms with Crippen LogP contribution in [0.2, 0.25) is 0 Å². The van der Waals surface area contributed by atoms with Crippen LogP contribution in [0.25, 0.3) is 189 Å². The predicted molar refractivity (Wildman–Crippen MR) is 409 cm³/mol. The molecule has 100 heavy (non-hydrogen) atoms. The minimum Gasteiger partial charge on any atom is -0.309 e. The van der Waals surface area contributed by atoms with Crippen molar-refractivity contribution in [1.29, 1.82) is 0 Å². The number of para-hydroxylation sites is 5. The molecule has 20 aromatic rings. The highest BCUT2D eigenvalue weighted by atomic mass is 15.1. The highest BCUT2D eigenvalue weighted by molar-refractivity contribution is 6.26. The topological polar surface area (TPSA) is 97.1 Å². The second-order valence-corrected chi connectivity index (χ2v) is 25.4. The molecule has 466 valence electrons. The molecule has 6 aromatic heterocycles. The zero-order valence-electron chi connectivity index (χ0n) is 53.8. The molecule has 0 saturated carbocycles. The molecule has 6 heterocycles. The number of aromatic nitrogens is 10. The Kier molecular flexibility index (Phi) is 13.0. The van der Waals surface area contributed by atoms with Crippen LogP contribution >= 0.6 is 0 Å². The third-order valence-corrected chi connectivity index (χ3v) is 19.7. The highest BCUT2D eigenvalue weighted by Gasteiger charge is 2.24. The number of hydrogen-bond donors (Lipinski definition) is 0. The fourth-order valence-corrected chi connectivity index (χ4v) is 15.0. The Morgan fingerprint density at radius 1 is 0.160 bits per heavy atom. The molecular weight excluding hydrogens is 1220 g/mol. The largest absolute Gasteiger partial charge is 0.309 e. The first-order chi connectivity index (χ1) is 49.6. The summed E-state index contributed by atoms with van der Waals surface area (Å²) >= 11 is 0. The van der Waals surface area contributed by atoms with Crippen molar-refractivity contribution in [3.8, 4) is 102 Å². The summed E-state index contributed by atoms with van der Waals surface area (Å²) in [7, 11) is 0. The molecule has 0 amide bonds. The Balaban J connectivity index is 0.687. The first-order valence-corrected chi connectivity index (χ1v) is 33.7. The molecule has 20 rings (SSSR count). The summed E-state index contributed by atoms with van der Waals surface area (Å²) in [5.74, 6) is 3.63. The van der Waals surface area contributed by atoms with Crippen LogP contribution in [0.4, 0.5) is 0 Å². The van der Waals surface area contributed by atoms with Crippen molar-refractivity contribution in [2.45, 2.75) is 0 Å². The molecule has 0 aliphatic rings. The normalized spacial score (nSPS) is 11.8. The molecule has 0 saturated heterocycles. The third kappa shape index (κ3) is 9.26. The lowest BCUT2D eigenvalue weighted by atomic mass is 10.0. The van der Waals surface area contributed by atoms with E-state index in [4.69, 9.17) is 29.9 Å². The zero-order chi connectivity index (χ0) is 65.8. The summed E-state index contributed by atoms with van der Waals surface area (Å²) in [6.07, 6.45) is 0. The summed E-state index contributed by atoms with van der Waals surface area (Å²) in [4.78, 5) is 30.8. The van der Waals surface area contributed by atoms with Gasteiger partial charge in [0.05, 0.1) is 44.1 Å². The molecule has 10 nitrogen and oxygen atoms in total. The summed E-state index contributed by atoms with van der Waals surface area (Å²) in [5, 5.41) is 9.53. The molecule has 0 fully saturated rings. The van der Waals surface area contributed by atoms with E-state index >= 15 is 0 Å². The second kappa shape index (κ2) is 23.0. The average molecular weight is 1280 g/mol. The van der Waals surface area contributed by atoms with E-state index in [1.165, 1.54) is 43.4 Å². The molecule has 0 bridgehead atoms. The molecule has 0 atom stereocenters. The Labute approximate surface area is 574 Å². The number of nitrogens with zero attached hydrogens (tertiary/aromatic N) is 10. The standard InChI is InChI=1S/C90H56N10/c1-6-22-58(23-7-1)85-91-86(59-24-8-2-9-25-59)94-89(93-85)63-44-49-68(50-45-63)99-79-52-46-64(54-73(79)75-55-74-70-33-17-19-35-76(70)98(81(74)56-82(75)99)65-28-12-4-13-29-65)57-38-40-61(41-39-57)88-92-87(60-26-10-3-11-27-60)95-90(96-88)62-42-47-67(48-43-62)97-78-37-21-18-34-72(78)83-80(97)53-51-71-69-32-16-20-36-77(69)100(84(71)83)66-30-14-5-15-31-66/h1-56H. The van der Waals surface area contributed by atoms with E-state index in [1.54, 1.807) is 0 Å². The summed E-state index contributed by atoms with van der Waals surface area (Å²) in [6, 6.07) is 120. The number of fused-ring (bicyclic) bond motifs is 13. The lowest BCUT2D eigenvalue weighted by molar-refractivity contribution is 1.07. The first-order valence-electron chi connectivity index (χ1n) is 33.7. The summed E-state index contributed by atoms with van der Waals surface area (Å²) < 4.78 is 9.61. The van der Waals surface area contributed by atoms with E-state index in [1.807, 2.05) is 78.9 Å². The van der Waals surface area contributed by atoms with E-state index < -0.39 is 0 Å². The van der Waals surface area contributed by atoms with E-state index in [-0.39, 0.29) is 0 Å². The lowest BCUT2D eigenvalue weighted by Crippen LogP contribution is -2.00. The molecule has 0 radical (unpaired) electrons. The van der Waals surface area contributed by atoms with Crippen LogP contribution in [0.3, 0.4) is 0 Å². The monoisotopic (exact) mass is 1280 g/mol.